The van der Waals surface area contributed by atoms with Gasteiger partial charge in [-0.25, -0.2) is 0 Å². The number of carbonyl (C=O) groups excluding carboxylic acids is 2. The number of halogens is 1. The summed E-state index contributed by atoms with van der Waals surface area (Å²) in [7, 11) is 0. The third-order valence-corrected chi connectivity index (χ3v) is 5.87. The molecule has 4 rings (SSSR count). The van der Waals surface area contributed by atoms with E-state index in [0.29, 0.717) is 35.6 Å². The first-order valence-corrected chi connectivity index (χ1v) is 9.85. The van der Waals surface area contributed by atoms with Crippen molar-refractivity contribution in [2.45, 2.75) is 38.5 Å². The first kappa shape index (κ1) is 19.3. The number of benzene rings is 2. The molecule has 0 spiro atoms. The normalized spacial score (nSPS) is 19.4. The summed E-state index contributed by atoms with van der Waals surface area (Å²) in [5, 5.41) is 12.2. The second-order valence-electron chi connectivity index (χ2n) is 7.39. The van der Waals surface area contributed by atoms with Crippen LogP contribution in [0.1, 0.15) is 42.7 Å². The van der Waals surface area contributed by atoms with Crippen LogP contribution in [0.5, 0.6) is 0 Å². The summed E-state index contributed by atoms with van der Waals surface area (Å²) in [6, 6.07) is 12.0. The third kappa shape index (κ3) is 3.34. The summed E-state index contributed by atoms with van der Waals surface area (Å²) in [6.07, 6.45) is 1.56. The Labute approximate surface area is 172 Å². The second-order valence-corrected chi connectivity index (χ2v) is 7.80. The van der Waals surface area contributed by atoms with E-state index in [4.69, 9.17) is 11.6 Å². The molecular weight excluding hydrogens is 392 g/mol. The Morgan fingerprint density at radius 3 is 2.62 bits per heavy atom. The van der Waals surface area contributed by atoms with E-state index >= 15 is 0 Å². The molecule has 2 aromatic rings. The van der Waals surface area contributed by atoms with Crippen molar-refractivity contribution in [2.24, 2.45) is 0 Å². The molecule has 2 aliphatic rings. The van der Waals surface area contributed by atoms with Gasteiger partial charge in [0.1, 0.15) is 5.69 Å². The Bertz CT molecular complexity index is 1080. The quantitative estimate of drug-likeness (QED) is 0.521. The van der Waals surface area contributed by atoms with Gasteiger partial charge in [0.15, 0.2) is 5.78 Å². The lowest BCUT2D eigenvalue weighted by Crippen LogP contribution is -2.40. The Balaban J connectivity index is 1.93. The lowest BCUT2D eigenvalue weighted by molar-refractivity contribution is -0.384. The number of nitrogens with zero attached hydrogens (tertiary/aromatic N) is 2. The van der Waals surface area contributed by atoms with E-state index in [1.165, 1.54) is 11.0 Å². The molecule has 0 radical (unpaired) electrons. The van der Waals surface area contributed by atoms with Crippen molar-refractivity contribution in [2.75, 3.05) is 4.90 Å². The number of aryl methyl sites for hydroxylation is 1. The van der Waals surface area contributed by atoms with E-state index < -0.39 is 10.8 Å². The van der Waals surface area contributed by atoms with Gasteiger partial charge in [0.05, 0.1) is 4.92 Å². The molecule has 1 aliphatic heterocycles. The number of nitro benzene ring substituents is 1. The van der Waals surface area contributed by atoms with Gasteiger partial charge >= 0.3 is 0 Å². The minimum atomic E-state index is -0.485. The van der Waals surface area contributed by atoms with Crippen LogP contribution in [0.2, 0.25) is 5.02 Å². The van der Waals surface area contributed by atoms with E-state index in [9.17, 15) is 19.7 Å². The number of anilines is 1. The first-order valence-electron chi connectivity index (χ1n) is 9.47. The minimum absolute atomic E-state index is 0.0246. The van der Waals surface area contributed by atoms with E-state index in [2.05, 4.69) is 0 Å². The van der Waals surface area contributed by atoms with E-state index in [1.54, 1.807) is 31.2 Å². The van der Waals surface area contributed by atoms with Crippen LogP contribution in [-0.4, -0.2) is 16.6 Å². The van der Waals surface area contributed by atoms with E-state index in [1.807, 2.05) is 12.1 Å². The van der Waals surface area contributed by atoms with Gasteiger partial charge in [-0.2, -0.15) is 0 Å². The molecule has 1 heterocycles. The number of carbonyl (C=O) groups is 2. The Morgan fingerprint density at radius 1 is 1.14 bits per heavy atom. The van der Waals surface area contributed by atoms with Gasteiger partial charge in [-0.1, -0.05) is 35.9 Å². The molecule has 6 nitrogen and oxygen atoms in total. The molecule has 1 unspecified atom stereocenters. The molecule has 0 saturated heterocycles. The molecule has 148 valence electrons. The highest BCUT2D eigenvalue weighted by Gasteiger charge is 2.41. The summed E-state index contributed by atoms with van der Waals surface area (Å²) < 4.78 is 0. The predicted octanol–water partition coefficient (Wildman–Crippen LogP) is 5.08. The molecule has 0 bridgehead atoms. The Morgan fingerprint density at radius 2 is 1.90 bits per heavy atom. The van der Waals surface area contributed by atoms with E-state index in [0.717, 1.165) is 11.1 Å². The number of nitro groups is 1. The summed E-state index contributed by atoms with van der Waals surface area (Å²) in [5.41, 5.74) is 2.66. The summed E-state index contributed by atoms with van der Waals surface area (Å²) in [6.45, 7) is 1.76. The third-order valence-electron chi connectivity index (χ3n) is 5.52. The number of hydrogen-bond donors (Lipinski definition) is 0. The number of amides is 1. The lowest BCUT2D eigenvalue weighted by atomic mass is 9.77. The topological polar surface area (TPSA) is 80.5 Å². The van der Waals surface area contributed by atoms with Gasteiger partial charge in [0.2, 0.25) is 5.91 Å². The highest BCUT2D eigenvalue weighted by molar-refractivity contribution is 6.31. The number of hydrogen-bond acceptors (Lipinski definition) is 4. The van der Waals surface area contributed by atoms with Crippen LogP contribution >= 0.6 is 11.6 Å². The van der Waals surface area contributed by atoms with Gasteiger partial charge in [0.25, 0.3) is 5.69 Å². The van der Waals surface area contributed by atoms with Crippen LogP contribution in [0.15, 0.2) is 53.7 Å². The van der Waals surface area contributed by atoms with Crippen molar-refractivity contribution >= 4 is 34.7 Å². The Hall–Kier alpha value is -2.99. The predicted molar refractivity (Wildman–Crippen MR) is 110 cm³/mol. The molecule has 1 atom stereocenters. The maximum absolute atomic E-state index is 13.2. The molecule has 1 aliphatic carbocycles. The Kier molecular flexibility index (Phi) is 4.96. The molecule has 7 heteroatoms. The van der Waals surface area contributed by atoms with Crippen LogP contribution < -0.4 is 4.90 Å². The SMILES string of the molecule is Cc1ccc(N2C(=O)CC(c3ccccc3Cl)C3=C2CCCC3=O)c([N+](=O)[O-])c1. The van der Waals surface area contributed by atoms with Gasteiger partial charge in [0, 0.05) is 41.1 Å². The van der Waals surface area contributed by atoms with E-state index in [-0.39, 0.29) is 29.5 Å². The molecule has 29 heavy (non-hydrogen) atoms. The maximum Gasteiger partial charge on any atom is 0.293 e. The first-order chi connectivity index (χ1) is 13.9. The van der Waals surface area contributed by atoms with Gasteiger partial charge in [-0.3, -0.25) is 24.6 Å². The zero-order chi connectivity index (χ0) is 20.7. The van der Waals surface area contributed by atoms with Gasteiger partial charge in [-0.05, 0) is 43.0 Å². The molecular formula is C22H19ClN2O4. The highest BCUT2D eigenvalue weighted by atomic mass is 35.5. The number of ketones is 1. The van der Waals surface area contributed by atoms with Crippen LogP contribution in [0.25, 0.3) is 0 Å². The van der Waals surface area contributed by atoms with Crippen LogP contribution in [0, 0.1) is 17.0 Å². The lowest BCUT2D eigenvalue weighted by Gasteiger charge is -2.38. The zero-order valence-electron chi connectivity index (χ0n) is 15.9. The summed E-state index contributed by atoms with van der Waals surface area (Å²) >= 11 is 6.37. The standard InChI is InChI=1S/C22H19ClN2O4/c1-13-9-10-17(19(11-13)25(28)29)24-18-7-4-8-20(26)22(18)15(12-21(24)27)14-5-2-3-6-16(14)23/h2-3,5-6,9-11,15H,4,7-8,12H2,1H3. The summed E-state index contributed by atoms with van der Waals surface area (Å²) in [4.78, 5) is 38.7. The van der Waals surface area contributed by atoms with Gasteiger partial charge < -0.3 is 0 Å². The second kappa shape index (κ2) is 7.44. The average Bonchev–Trinajstić information content (AvgIpc) is 2.68. The highest BCUT2D eigenvalue weighted by Crippen LogP contribution is 2.46. The van der Waals surface area contributed by atoms with Crippen molar-refractivity contribution in [3.63, 3.8) is 0 Å². The fourth-order valence-electron chi connectivity index (χ4n) is 4.26. The molecule has 0 fully saturated rings. The van der Waals surface area contributed by atoms with Crippen LogP contribution in [-0.2, 0) is 9.59 Å². The molecule has 2 aromatic carbocycles. The minimum Gasteiger partial charge on any atom is -0.294 e. The van der Waals surface area contributed by atoms with Crippen molar-refractivity contribution in [1.29, 1.82) is 0 Å². The smallest absolute Gasteiger partial charge is 0.293 e. The largest absolute Gasteiger partial charge is 0.294 e. The fourth-order valence-corrected chi connectivity index (χ4v) is 4.53. The number of allylic oxidation sites excluding steroid dienone is 2. The number of Topliss-reactive ketones (excluding diaryl/α,β-unsaturated/α-hetero) is 1. The van der Waals surface area contributed by atoms with Crippen LogP contribution in [0.4, 0.5) is 11.4 Å². The molecule has 0 N–H and O–H groups in total. The van der Waals surface area contributed by atoms with Crippen LogP contribution in [0.3, 0.4) is 0 Å². The van der Waals surface area contributed by atoms with Crippen molar-refractivity contribution in [3.05, 3.63) is 80.0 Å². The maximum atomic E-state index is 13.2. The molecule has 0 saturated carbocycles. The molecule has 0 aromatic heterocycles. The summed E-state index contributed by atoms with van der Waals surface area (Å²) in [5.74, 6) is -0.724. The monoisotopic (exact) mass is 410 g/mol. The van der Waals surface area contributed by atoms with Crippen molar-refractivity contribution < 1.29 is 14.5 Å². The number of rotatable bonds is 3. The average molecular weight is 411 g/mol. The fraction of sp³-hybridized carbons (Fsp3) is 0.273. The van der Waals surface area contributed by atoms with Crippen molar-refractivity contribution in [1.82, 2.24) is 0 Å². The zero-order valence-corrected chi connectivity index (χ0v) is 16.6. The van der Waals surface area contributed by atoms with Crippen molar-refractivity contribution in [3.8, 4) is 0 Å². The molecule has 1 amide bonds. The van der Waals surface area contributed by atoms with Gasteiger partial charge in [-0.15, -0.1) is 0 Å².